The highest BCUT2D eigenvalue weighted by molar-refractivity contribution is 5.92. The number of nitrogens with zero attached hydrogens (tertiary/aromatic N) is 2. The summed E-state index contributed by atoms with van der Waals surface area (Å²) in [4.78, 5) is 29.1. The van der Waals surface area contributed by atoms with E-state index in [2.05, 4.69) is 10.3 Å². The van der Waals surface area contributed by atoms with Gasteiger partial charge in [0.05, 0.1) is 5.69 Å². The normalized spacial score (nSPS) is 10.7. The third kappa shape index (κ3) is 4.95. The molecule has 0 spiro atoms. The van der Waals surface area contributed by atoms with Crippen LogP contribution in [-0.2, 0) is 11.4 Å². The summed E-state index contributed by atoms with van der Waals surface area (Å²) < 4.78 is 12.9. The first kappa shape index (κ1) is 21.1. The standard InChI is InChI=1S/C25H23N3O4/c1-17-7-3-4-11-22(17)32-16-23(29)26-19-9-5-10-21(13-19)31-15-20-14-24(30)28-12-6-8-18(2)25(28)27-20/h3-14H,15-16H2,1-2H3,(H,26,29). The monoisotopic (exact) mass is 429 g/mol. The van der Waals surface area contributed by atoms with Crippen LogP contribution in [-0.4, -0.2) is 21.9 Å². The molecule has 32 heavy (non-hydrogen) atoms. The van der Waals surface area contributed by atoms with Gasteiger partial charge in [0.1, 0.15) is 23.8 Å². The molecule has 4 rings (SSSR count). The molecule has 0 atom stereocenters. The molecule has 0 saturated heterocycles. The van der Waals surface area contributed by atoms with E-state index in [1.807, 2.05) is 50.2 Å². The molecule has 2 heterocycles. The van der Waals surface area contributed by atoms with Crippen molar-refractivity contribution in [1.82, 2.24) is 9.38 Å². The second-order valence-corrected chi connectivity index (χ2v) is 7.39. The maximum absolute atomic E-state index is 12.3. The molecule has 0 aliphatic carbocycles. The summed E-state index contributed by atoms with van der Waals surface area (Å²) in [6, 6.07) is 19.7. The fourth-order valence-electron chi connectivity index (χ4n) is 3.26. The summed E-state index contributed by atoms with van der Waals surface area (Å²) in [5, 5.41) is 2.80. The molecule has 0 saturated carbocycles. The number of nitrogens with one attached hydrogen (secondary N) is 1. The number of benzene rings is 2. The quantitative estimate of drug-likeness (QED) is 0.482. The van der Waals surface area contributed by atoms with E-state index in [1.54, 1.807) is 30.5 Å². The summed E-state index contributed by atoms with van der Waals surface area (Å²) in [5.74, 6) is 0.952. The zero-order valence-electron chi connectivity index (χ0n) is 17.9. The van der Waals surface area contributed by atoms with E-state index in [1.165, 1.54) is 10.5 Å². The van der Waals surface area contributed by atoms with Gasteiger partial charge in [0.2, 0.25) is 0 Å². The van der Waals surface area contributed by atoms with E-state index in [9.17, 15) is 9.59 Å². The average Bonchev–Trinajstić information content (AvgIpc) is 2.78. The lowest BCUT2D eigenvalue weighted by molar-refractivity contribution is -0.118. The molecule has 0 radical (unpaired) electrons. The molecule has 1 amide bonds. The molecular formula is C25H23N3O4. The molecule has 0 unspecified atom stereocenters. The third-order valence-corrected chi connectivity index (χ3v) is 4.90. The largest absolute Gasteiger partial charge is 0.487 e. The van der Waals surface area contributed by atoms with Gasteiger partial charge < -0.3 is 14.8 Å². The number of ether oxygens (including phenoxy) is 2. The molecule has 7 nitrogen and oxygen atoms in total. The first-order chi connectivity index (χ1) is 15.5. The molecule has 4 aromatic rings. The SMILES string of the molecule is Cc1ccccc1OCC(=O)Nc1cccc(OCc2cc(=O)n3cccc(C)c3n2)c1. The van der Waals surface area contributed by atoms with Crippen LogP contribution in [0.4, 0.5) is 5.69 Å². The minimum absolute atomic E-state index is 0.0970. The number of amides is 1. The van der Waals surface area contributed by atoms with Crippen molar-refractivity contribution in [2.75, 3.05) is 11.9 Å². The summed E-state index contributed by atoms with van der Waals surface area (Å²) in [6.45, 7) is 3.86. The van der Waals surface area contributed by atoms with Gasteiger partial charge in [-0.25, -0.2) is 4.98 Å². The fraction of sp³-hybridized carbons (Fsp3) is 0.160. The van der Waals surface area contributed by atoms with Gasteiger partial charge in [-0.15, -0.1) is 0 Å². The summed E-state index contributed by atoms with van der Waals surface area (Å²) >= 11 is 0. The predicted molar refractivity (Wildman–Crippen MR) is 122 cm³/mol. The van der Waals surface area contributed by atoms with Crippen molar-refractivity contribution >= 4 is 17.2 Å². The van der Waals surface area contributed by atoms with E-state index >= 15 is 0 Å². The maximum atomic E-state index is 12.3. The van der Waals surface area contributed by atoms with Crippen LogP contribution in [0.15, 0.2) is 77.7 Å². The number of hydrogen-bond donors (Lipinski definition) is 1. The van der Waals surface area contributed by atoms with Gasteiger partial charge in [0, 0.05) is 24.0 Å². The molecule has 2 aromatic carbocycles. The minimum Gasteiger partial charge on any atom is -0.487 e. The molecule has 7 heteroatoms. The van der Waals surface area contributed by atoms with Gasteiger partial charge in [0.25, 0.3) is 11.5 Å². The Morgan fingerprint density at radius 2 is 1.78 bits per heavy atom. The highest BCUT2D eigenvalue weighted by atomic mass is 16.5. The van der Waals surface area contributed by atoms with Crippen molar-refractivity contribution in [3.05, 3.63) is 100 Å². The molecule has 0 aliphatic rings. The second kappa shape index (κ2) is 9.34. The van der Waals surface area contributed by atoms with E-state index in [0.29, 0.717) is 28.5 Å². The van der Waals surface area contributed by atoms with Crippen LogP contribution in [0.2, 0.25) is 0 Å². The van der Waals surface area contributed by atoms with Gasteiger partial charge in [0.15, 0.2) is 6.61 Å². The lowest BCUT2D eigenvalue weighted by atomic mass is 10.2. The van der Waals surface area contributed by atoms with Gasteiger partial charge in [-0.2, -0.15) is 0 Å². The molecule has 1 N–H and O–H groups in total. The Morgan fingerprint density at radius 3 is 2.62 bits per heavy atom. The van der Waals surface area contributed by atoms with Crippen molar-refractivity contribution in [2.45, 2.75) is 20.5 Å². The molecule has 2 aromatic heterocycles. The number of carbonyl (C=O) groups excluding carboxylic acids is 1. The topological polar surface area (TPSA) is 81.9 Å². The zero-order chi connectivity index (χ0) is 22.5. The highest BCUT2D eigenvalue weighted by Crippen LogP contribution is 2.19. The smallest absolute Gasteiger partial charge is 0.262 e. The molecule has 0 aliphatic heterocycles. The van der Waals surface area contributed by atoms with Crippen LogP contribution in [0, 0.1) is 13.8 Å². The van der Waals surface area contributed by atoms with E-state index in [-0.39, 0.29) is 24.7 Å². The van der Waals surface area contributed by atoms with Gasteiger partial charge in [-0.3, -0.25) is 14.0 Å². The Hall–Kier alpha value is -4.13. The summed E-state index contributed by atoms with van der Waals surface area (Å²) in [6.07, 6.45) is 1.69. The zero-order valence-corrected chi connectivity index (χ0v) is 17.9. The van der Waals surface area contributed by atoms with Gasteiger partial charge in [-0.1, -0.05) is 30.3 Å². The molecule has 0 bridgehead atoms. The second-order valence-electron chi connectivity index (χ2n) is 7.39. The third-order valence-electron chi connectivity index (χ3n) is 4.90. The number of fused-ring (bicyclic) bond motifs is 1. The van der Waals surface area contributed by atoms with Gasteiger partial charge in [-0.05, 0) is 49.2 Å². The van der Waals surface area contributed by atoms with E-state index < -0.39 is 0 Å². The predicted octanol–water partition coefficient (Wildman–Crippen LogP) is 3.91. The Balaban J connectivity index is 1.38. The van der Waals surface area contributed by atoms with Crippen molar-refractivity contribution < 1.29 is 14.3 Å². The Labute approximate surface area is 185 Å². The van der Waals surface area contributed by atoms with Crippen LogP contribution in [0.1, 0.15) is 16.8 Å². The number of anilines is 1. The summed E-state index contributed by atoms with van der Waals surface area (Å²) in [7, 11) is 0. The van der Waals surface area contributed by atoms with Crippen molar-refractivity contribution in [1.29, 1.82) is 0 Å². The first-order valence-electron chi connectivity index (χ1n) is 10.2. The number of pyridine rings is 1. The lowest BCUT2D eigenvalue weighted by Crippen LogP contribution is -2.20. The van der Waals surface area contributed by atoms with Crippen LogP contribution >= 0.6 is 0 Å². The van der Waals surface area contributed by atoms with E-state index in [0.717, 1.165) is 11.1 Å². The highest BCUT2D eigenvalue weighted by Gasteiger charge is 2.08. The maximum Gasteiger partial charge on any atom is 0.262 e. The van der Waals surface area contributed by atoms with Crippen LogP contribution in [0.25, 0.3) is 5.65 Å². The summed E-state index contributed by atoms with van der Waals surface area (Å²) in [5.41, 5.74) is 3.44. The fourth-order valence-corrected chi connectivity index (χ4v) is 3.26. The Bertz CT molecular complexity index is 1330. The lowest BCUT2D eigenvalue weighted by Gasteiger charge is -2.11. The number of rotatable bonds is 7. The van der Waals surface area contributed by atoms with Crippen molar-refractivity contribution in [3.8, 4) is 11.5 Å². The molecular weight excluding hydrogens is 406 g/mol. The number of hydrogen-bond acceptors (Lipinski definition) is 5. The number of para-hydroxylation sites is 1. The number of carbonyl (C=O) groups is 1. The molecule has 0 fully saturated rings. The van der Waals surface area contributed by atoms with Crippen LogP contribution in [0.5, 0.6) is 11.5 Å². The Morgan fingerprint density at radius 1 is 0.969 bits per heavy atom. The minimum atomic E-state index is -0.273. The van der Waals surface area contributed by atoms with Gasteiger partial charge >= 0.3 is 0 Å². The average molecular weight is 429 g/mol. The van der Waals surface area contributed by atoms with Crippen LogP contribution in [0.3, 0.4) is 0 Å². The van der Waals surface area contributed by atoms with Crippen molar-refractivity contribution in [3.63, 3.8) is 0 Å². The Kier molecular flexibility index (Phi) is 6.17. The molecule has 162 valence electrons. The first-order valence-corrected chi connectivity index (χ1v) is 10.2. The van der Waals surface area contributed by atoms with E-state index in [4.69, 9.17) is 9.47 Å². The van der Waals surface area contributed by atoms with Crippen LogP contribution < -0.4 is 20.3 Å². The number of aryl methyl sites for hydroxylation is 2. The number of aromatic nitrogens is 2. The van der Waals surface area contributed by atoms with Crippen molar-refractivity contribution in [2.24, 2.45) is 0 Å².